The number of thioether (sulfide) groups is 1. The predicted octanol–water partition coefficient (Wildman–Crippen LogP) is 4.47. The average Bonchev–Trinajstić information content (AvgIpc) is 2.56. The Labute approximate surface area is 96.8 Å². The van der Waals surface area contributed by atoms with Crippen molar-refractivity contribution in [3.63, 3.8) is 0 Å². The Morgan fingerprint density at radius 1 is 1.40 bits per heavy atom. The summed E-state index contributed by atoms with van der Waals surface area (Å²) in [7, 11) is 0. The van der Waals surface area contributed by atoms with Gasteiger partial charge in [-0.25, -0.2) is 0 Å². The van der Waals surface area contributed by atoms with Crippen molar-refractivity contribution >= 4 is 11.8 Å². The summed E-state index contributed by atoms with van der Waals surface area (Å²) in [6, 6.07) is 0. The van der Waals surface area contributed by atoms with E-state index < -0.39 is 0 Å². The van der Waals surface area contributed by atoms with Gasteiger partial charge in [-0.3, -0.25) is 0 Å². The molecule has 0 spiro atoms. The maximum absolute atomic E-state index is 2.40. The highest BCUT2D eigenvalue weighted by atomic mass is 32.2. The topological polar surface area (TPSA) is 0 Å². The van der Waals surface area contributed by atoms with E-state index >= 15 is 0 Å². The lowest BCUT2D eigenvalue weighted by molar-refractivity contribution is 0.500. The SMILES string of the molecule is CC(C)=CC(C)(C)C1C=C2C=CC=C2S1. The molecule has 2 aliphatic rings. The van der Waals surface area contributed by atoms with Gasteiger partial charge in [0.15, 0.2) is 0 Å². The highest BCUT2D eigenvalue weighted by Gasteiger charge is 2.32. The van der Waals surface area contributed by atoms with Crippen LogP contribution in [0.4, 0.5) is 0 Å². The quantitative estimate of drug-likeness (QED) is 0.616. The number of rotatable bonds is 2. The molecule has 2 rings (SSSR count). The number of hydrogen-bond donors (Lipinski definition) is 0. The van der Waals surface area contributed by atoms with Crippen LogP contribution in [0.3, 0.4) is 0 Å². The van der Waals surface area contributed by atoms with Crippen LogP contribution in [0.1, 0.15) is 27.7 Å². The molecule has 0 radical (unpaired) electrons. The van der Waals surface area contributed by atoms with Gasteiger partial charge in [0.2, 0.25) is 0 Å². The maximum atomic E-state index is 2.40. The third-order valence-corrected chi connectivity index (χ3v) is 4.41. The molecular weight excluding hydrogens is 200 g/mol. The first-order valence-electron chi connectivity index (χ1n) is 5.42. The first-order chi connectivity index (χ1) is 6.99. The zero-order valence-electron chi connectivity index (χ0n) is 9.87. The van der Waals surface area contributed by atoms with Crippen LogP contribution >= 0.6 is 11.8 Å². The minimum atomic E-state index is 0.246. The van der Waals surface area contributed by atoms with E-state index in [1.165, 1.54) is 16.1 Å². The van der Waals surface area contributed by atoms with E-state index in [-0.39, 0.29) is 5.41 Å². The molecular formula is C14H18S. The third kappa shape index (κ3) is 2.12. The fourth-order valence-corrected chi connectivity index (χ4v) is 3.48. The van der Waals surface area contributed by atoms with Crippen LogP contribution < -0.4 is 0 Å². The average molecular weight is 218 g/mol. The second-order valence-corrected chi connectivity index (χ2v) is 6.28. The Kier molecular flexibility index (Phi) is 2.68. The molecule has 0 N–H and O–H groups in total. The molecule has 0 aromatic carbocycles. The van der Waals surface area contributed by atoms with Crippen LogP contribution in [0.25, 0.3) is 0 Å². The fraction of sp³-hybridized carbons (Fsp3) is 0.429. The number of allylic oxidation sites excluding steroid dienone is 6. The molecule has 0 bridgehead atoms. The molecule has 80 valence electrons. The highest BCUT2D eigenvalue weighted by Crippen LogP contribution is 2.47. The van der Waals surface area contributed by atoms with Crippen molar-refractivity contribution in [2.75, 3.05) is 0 Å². The van der Waals surface area contributed by atoms with Crippen LogP contribution in [-0.4, -0.2) is 5.25 Å². The molecule has 1 atom stereocenters. The van der Waals surface area contributed by atoms with E-state index in [1.54, 1.807) is 0 Å². The minimum Gasteiger partial charge on any atom is -0.117 e. The first-order valence-corrected chi connectivity index (χ1v) is 6.30. The normalized spacial score (nSPS) is 23.6. The predicted molar refractivity (Wildman–Crippen MR) is 69.9 cm³/mol. The molecule has 1 unspecified atom stereocenters. The van der Waals surface area contributed by atoms with Crippen molar-refractivity contribution in [3.05, 3.63) is 46.4 Å². The molecule has 1 heteroatoms. The Balaban J connectivity index is 2.22. The van der Waals surface area contributed by atoms with E-state index in [0.29, 0.717) is 5.25 Å². The van der Waals surface area contributed by atoms with Gasteiger partial charge in [0.25, 0.3) is 0 Å². The van der Waals surface area contributed by atoms with Crippen LogP contribution in [0.2, 0.25) is 0 Å². The van der Waals surface area contributed by atoms with Gasteiger partial charge in [-0.05, 0) is 30.9 Å². The van der Waals surface area contributed by atoms with E-state index in [2.05, 4.69) is 58.1 Å². The summed E-state index contributed by atoms with van der Waals surface area (Å²) in [5.41, 5.74) is 3.07. The lowest BCUT2D eigenvalue weighted by Crippen LogP contribution is -2.21. The summed E-state index contributed by atoms with van der Waals surface area (Å²) in [5, 5.41) is 0.582. The van der Waals surface area contributed by atoms with E-state index in [0.717, 1.165) is 0 Å². The Bertz CT molecular complexity index is 388. The standard InChI is InChI=1S/C14H18S/c1-10(2)9-14(3,4)13-8-11-6-5-7-12(11)15-13/h5-9,13H,1-4H3. The molecule has 0 amide bonds. The molecule has 0 aromatic rings. The molecule has 1 heterocycles. The largest absolute Gasteiger partial charge is 0.117 e. The number of fused-ring (bicyclic) bond motifs is 1. The van der Waals surface area contributed by atoms with Gasteiger partial charge in [-0.1, -0.05) is 43.7 Å². The fourth-order valence-electron chi connectivity index (χ4n) is 2.19. The molecule has 0 fully saturated rings. The van der Waals surface area contributed by atoms with E-state index in [4.69, 9.17) is 0 Å². The van der Waals surface area contributed by atoms with E-state index in [1.807, 2.05) is 11.8 Å². The van der Waals surface area contributed by atoms with Gasteiger partial charge in [-0.2, -0.15) is 0 Å². The summed E-state index contributed by atoms with van der Waals surface area (Å²) in [5.74, 6) is 0. The zero-order valence-corrected chi connectivity index (χ0v) is 10.7. The summed E-state index contributed by atoms with van der Waals surface area (Å²) >= 11 is 1.99. The van der Waals surface area contributed by atoms with Crippen LogP contribution in [0.5, 0.6) is 0 Å². The number of hydrogen-bond acceptors (Lipinski definition) is 1. The maximum Gasteiger partial charge on any atom is 0.0369 e. The van der Waals surface area contributed by atoms with Crippen molar-refractivity contribution < 1.29 is 0 Å². The van der Waals surface area contributed by atoms with Gasteiger partial charge in [0.05, 0.1) is 0 Å². The first kappa shape index (κ1) is 10.8. The molecule has 1 aliphatic carbocycles. The van der Waals surface area contributed by atoms with E-state index in [9.17, 15) is 0 Å². The van der Waals surface area contributed by atoms with Gasteiger partial charge >= 0.3 is 0 Å². The van der Waals surface area contributed by atoms with Gasteiger partial charge in [0.1, 0.15) is 0 Å². The molecule has 15 heavy (non-hydrogen) atoms. The minimum absolute atomic E-state index is 0.246. The van der Waals surface area contributed by atoms with Gasteiger partial charge in [0, 0.05) is 10.2 Å². The van der Waals surface area contributed by atoms with Crippen molar-refractivity contribution in [1.29, 1.82) is 0 Å². The molecule has 0 saturated carbocycles. The molecule has 0 saturated heterocycles. The Morgan fingerprint density at radius 3 is 2.73 bits per heavy atom. The summed E-state index contributed by atoms with van der Waals surface area (Å²) in [6.07, 6.45) is 11.3. The summed E-state index contributed by atoms with van der Waals surface area (Å²) in [6.45, 7) is 8.99. The van der Waals surface area contributed by atoms with Crippen molar-refractivity contribution in [2.24, 2.45) is 5.41 Å². The second kappa shape index (κ2) is 3.71. The zero-order chi connectivity index (χ0) is 11.1. The van der Waals surface area contributed by atoms with Gasteiger partial charge < -0.3 is 0 Å². The summed E-state index contributed by atoms with van der Waals surface area (Å²) in [4.78, 5) is 1.44. The Hall–Kier alpha value is -0.690. The lowest BCUT2D eigenvalue weighted by Gasteiger charge is -2.27. The van der Waals surface area contributed by atoms with Crippen LogP contribution in [0.15, 0.2) is 46.4 Å². The van der Waals surface area contributed by atoms with Crippen LogP contribution in [-0.2, 0) is 0 Å². The van der Waals surface area contributed by atoms with Crippen LogP contribution in [0, 0.1) is 5.41 Å². The summed E-state index contributed by atoms with van der Waals surface area (Å²) < 4.78 is 0. The smallest absolute Gasteiger partial charge is 0.0369 e. The third-order valence-electron chi connectivity index (χ3n) is 2.79. The van der Waals surface area contributed by atoms with Crippen molar-refractivity contribution in [1.82, 2.24) is 0 Å². The van der Waals surface area contributed by atoms with Gasteiger partial charge in [-0.15, -0.1) is 11.8 Å². The van der Waals surface area contributed by atoms with Crippen molar-refractivity contribution in [2.45, 2.75) is 32.9 Å². The Morgan fingerprint density at radius 2 is 2.13 bits per heavy atom. The highest BCUT2D eigenvalue weighted by molar-refractivity contribution is 8.04. The molecule has 1 aliphatic heterocycles. The van der Waals surface area contributed by atoms with Crippen molar-refractivity contribution in [3.8, 4) is 0 Å². The second-order valence-electron chi connectivity index (χ2n) is 5.09. The monoisotopic (exact) mass is 218 g/mol. The molecule has 0 aromatic heterocycles. The lowest BCUT2D eigenvalue weighted by atomic mass is 9.86. The molecule has 0 nitrogen and oxygen atoms in total.